The van der Waals surface area contributed by atoms with E-state index in [0.29, 0.717) is 22.9 Å². The molecule has 1 N–H and O–H groups in total. The Balaban J connectivity index is 1.67. The van der Waals surface area contributed by atoms with Gasteiger partial charge in [0.1, 0.15) is 10.8 Å². The van der Waals surface area contributed by atoms with Crippen LogP contribution in [0.25, 0.3) is 0 Å². The van der Waals surface area contributed by atoms with E-state index in [4.69, 9.17) is 4.52 Å². The molecule has 0 fully saturated rings. The first-order valence-corrected chi connectivity index (χ1v) is 9.36. The molecule has 0 radical (unpaired) electrons. The molecule has 2 heterocycles. The Labute approximate surface area is 157 Å². The van der Waals surface area contributed by atoms with Gasteiger partial charge in [-0.25, -0.2) is 4.98 Å². The number of hydrogen-bond donors (Lipinski definition) is 1. The van der Waals surface area contributed by atoms with Crippen LogP contribution < -0.4 is 5.32 Å². The number of nitrogens with one attached hydrogen (secondary N) is 1. The first-order valence-electron chi connectivity index (χ1n) is 8.37. The molecule has 0 atom stereocenters. The van der Waals surface area contributed by atoms with E-state index >= 15 is 0 Å². The van der Waals surface area contributed by atoms with Gasteiger partial charge < -0.3 is 9.84 Å². The fourth-order valence-electron chi connectivity index (χ4n) is 2.62. The van der Waals surface area contributed by atoms with Gasteiger partial charge in [0, 0.05) is 24.6 Å². The highest BCUT2D eigenvalue weighted by Crippen LogP contribution is 2.24. The van der Waals surface area contributed by atoms with Crippen LogP contribution in [0.4, 0.5) is 0 Å². The number of amides is 1. The molecule has 0 saturated heterocycles. The monoisotopic (exact) mass is 367 g/mol. The van der Waals surface area contributed by atoms with Crippen molar-refractivity contribution in [3.05, 3.63) is 76.3 Å². The molecule has 2 aromatic heterocycles. The fraction of sp³-hybridized carbons (Fsp3) is 0.250. The largest absolute Gasteiger partial charge is 0.361 e. The van der Waals surface area contributed by atoms with Crippen LogP contribution in [0.2, 0.25) is 0 Å². The number of benzene rings is 1. The van der Waals surface area contributed by atoms with E-state index in [0.717, 1.165) is 17.0 Å². The molecule has 0 aliphatic rings. The van der Waals surface area contributed by atoms with E-state index in [2.05, 4.69) is 47.5 Å². The zero-order valence-corrected chi connectivity index (χ0v) is 15.9. The molecule has 0 spiro atoms. The van der Waals surface area contributed by atoms with Crippen molar-refractivity contribution >= 4 is 17.7 Å². The first-order chi connectivity index (χ1) is 12.5. The third-order valence-corrected chi connectivity index (χ3v) is 5.03. The number of pyridine rings is 1. The summed E-state index contributed by atoms with van der Waals surface area (Å²) in [5.41, 5.74) is 4.90. The highest BCUT2D eigenvalue weighted by atomic mass is 32.2. The SMILES string of the molecule is Cc1ccc(CNC(=O)c2cccnc2SCc2cc(C)on2)c(C)c1. The van der Waals surface area contributed by atoms with Crippen molar-refractivity contribution in [2.75, 3.05) is 0 Å². The number of carbonyl (C=O) groups is 1. The van der Waals surface area contributed by atoms with Gasteiger partial charge in [-0.1, -0.05) is 40.7 Å². The molecule has 26 heavy (non-hydrogen) atoms. The Bertz CT molecular complexity index is 921. The van der Waals surface area contributed by atoms with E-state index in [1.54, 1.807) is 18.3 Å². The van der Waals surface area contributed by atoms with E-state index in [1.165, 1.54) is 22.9 Å². The molecule has 6 heteroatoms. The molecule has 0 aliphatic carbocycles. The third-order valence-electron chi connectivity index (χ3n) is 3.99. The lowest BCUT2D eigenvalue weighted by Gasteiger charge is -2.10. The lowest BCUT2D eigenvalue weighted by molar-refractivity contribution is 0.0947. The predicted octanol–water partition coefficient (Wildman–Crippen LogP) is 4.22. The second kappa shape index (κ2) is 8.19. The number of nitrogens with zero attached hydrogens (tertiary/aromatic N) is 2. The van der Waals surface area contributed by atoms with Crippen LogP contribution in [0, 0.1) is 20.8 Å². The van der Waals surface area contributed by atoms with E-state index in [-0.39, 0.29) is 5.91 Å². The molecule has 0 unspecified atom stereocenters. The smallest absolute Gasteiger partial charge is 0.254 e. The van der Waals surface area contributed by atoms with E-state index in [9.17, 15) is 4.79 Å². The number of aryl methyl sites for hydroxylation is 3. The summed E-state index contributed by atoms with van der Waals surface area (Å²) in [6.07, 6.45) is 1.69. The van der Waals surface area contributed by atoms with Gasteiger partial charge in [0.05, 0.1) is 11.3 Å². The summed E-state index contributed by atoms with van der Waals surface area (Å²) in [7, 11) is 0. The van der Waals surface area contributed by atoms with E-state index in [1.807, 2.05) is 13.0 Å². The summed E-state index contributed by atoms with van der Waals surface area (Å²) < 4.78 is 5.07. The van der Waals surface area contributed by atoms with E-state index < -0.39 is 0 Å². The summed E-state index contributed by atoms with van der Waals surface area (Å²) >= 11 is 1.47. The second-order valence-electron chi connectivity index (χ2n) is 6.19. The lowest BCUT2D eigenvalue weighted by atomic mass is 10.1. The number of aromatic nitrogens is 2. The Morgan fingerprint density at radius 2 is 2.04 bits per heavy atom. The van der Waals surface area contributed by atoms with Crippen molar-refractivity contribution in [3.63, 3.8) is 0 Å². The summed E-state index contributed by atoms with van der Waals surface area (Å²) in [4.78, 5) is 17.0. The lowest BCUT2D eigenvalue weighted by Crippen LogP contribution is -2.24. The van der Waals surface area contributed by atoms with Gasteiger partial charge in [0.25, 0.3) is 5.91 Å². The number of hydrogen-bond acceptors (Lipinski definition) is 5. The second-order valence-corrected chi connectivity index (χ2v) is 7.15. The van der Waals surface area contributed by atoms with Gasteiger partial charge in [-0.15, -0.1) is 0 Å². The van der Waals surface area contributed by atoms with Crippen LogP contribution in [0.5, 0.6) is 0 Å². The minimum Gasteiger partial charge on any atom is -0.361 e. The fourth-order valence-corrected chi connectivity index (χ4v) is 3.49. The van der Waals surface area contributed by atoms with Gasteiger partial charge >= 0.3 is 0 Å². The Morgan fingerprint density at radius 3 is 2.77 bits per heavy atom. The molecule has 1 amide bonds. The standard InChI is InChI=1S/C20H21N3O2S/c1-13-6-7-16(14(2)9-13)11-22-19(24)18-5-4-8-21-20(18)26-12-17-10-15(3)25-23-17/h4-10H,11-12H2,1-3H3,(H,22,24). The highest BCUT2D eigenvalue weighted by molar-refractivity contribution is 7.98. The Kier molecular flexibility index (Phi) is 5.73. The molecular weight excluding hydrogens is 346 g/mol. The van der Waals surface area contributed by atoms with Crippen molar-refractivity contribution in [2.24, 2.45) is 0 Å². The molecule has 5 nitrogen and oxygen atoms in total. The molecule has 134 valence electrons. The predicted molar refractivity (Wildman–Crippen MR) is 102 cm³/mol. The van der Waals surface area contributed by atoms with Crippen LogP contribution in [-0.2, 0) is 12.3 Å². The van der Waals surface area contributed by atoms with Crippen LogP contribution in [-0.4, -0.2) is 16.0 Å². The summed E-state index contributed by atoms with van der Waals surface area (Å²) in [5.74, 6) is 1.25. The zero-order valence-electron chi connectivity index (χ0n) is 15.1. The Hall–Kier alpha value is -2.60. The van der Waals surface area contributed by atoms with Gasteiger partial charge in [-0.2, -0.15) is 0 Å². The molecular formula is C20H21N3O2S. The maximum atomic E-state index is 12.6. The van der Waals surface area contributed by atoms with Crippen LogP contribution >= 0.6 is 11.8 Å². The maximum absolute atomic E-state index is 12.6. The van der Waals surface area contributed by atoms with Gasteiger partial charge in [-0.05, 0) is 44.0 Å². The quantitative estimate of drug-likeness (QED) is 0.661. The van der Waals surface area contributed by atoms with Crippen LogP contribution in [0.15, 0.2) is 52.1 Å². The Morgan fingerprint density at radius 1 is 1.19 bits per heavy atom. The van der Waals surface area contributed by atoms with Crippen molar-refractivity contribution in [3.8, 4) is 0 Å². The van der Waals surface area contributed by atoms with Crippen LogP contribution in [0.1, 0.15) is 38.5 Å². The van der Waals surface area contributed by atoms with Gasteiger partial charge in [-0.3, -0.25) is 4.79 Å². The molecule has 1 aromatic carbocycles. The summed E-state index contributed by atoms with van der Waals surface area (Å²) in [6, 6.07) is 11.7. The number of carbonyl (C=O) groups excluding carboxylic acids is 1. The average molecular weight is 367 g/mol. The average Bonchev–Trinajstić information content (AvgIpc) is 3.04. The van der Waals surface area contributed by atoms with Crippen LogP contribution in [0.3, 0.4) is 0 Å². The normalized spacial score (nSPS) is 10.7. The maximum Gasteiger partial charge on any atom is 0.254 e. The van der Waals surface area contributed by atoms with Gasteiger partial charge in [0.2, 0.25) is 0 Å². The molecule has 0 saturated carbocycles. The van der Waals surface area contributed by atoms with Crippen molar-refractivity contribution in [2.45, 2.75) is 38.1 Å². The topological polar surface area (TPSA) is 68.0 Å². The number of thioether (sulfide) groups is 1. The zero-order chi connectivity index (χ0) is 18.5. The molecule has 3 aromatic rings. The first kappa shape index (κ1) is 18.2. The molecule has 0 bridgehead atoms. The third kappa shape index (κ3) is 4.52. The summed E-state index contributed by atoms with van der Waals surface area (Å²) in [6.45, 7) is 6.46. The van der Waals surface area contributed by atoms with Crippen molar-refractivity contribution in [1.29, 1.82) is 0 Å². The molecule has 0 aliphatic heterocycles. The minimum absolute atomic E-state index is 0.128. The minimum atomic E-state index is -0.128. The molecule has 3 rings (SSSR count). The van der Waals surface area contributed by atoms with Crippen molar-refractivity contribution < 1.29 is 9.32 Å². The highest BCUT2D eigenvalue weighted by Gasteiger charge is 2.14. The van der Waals surface area contributed by atoms with Gasteiger partial charge in [0.15, 0.2) is 0 Å². The summed E-state index contributed by atoms with van der Waals surface area (Å²) in [5, 5.41) is 7.65. The number of rotatable bonds is 6. The van der Waals surface area contributed by atoms with Crippen molar-refractivity contribution in [1.82, 2.24) is 15.5 Å².